The molecule has 1 aliphatic carbocycles. The number of rotatable bonds is 2. The molecule has 98 valence electrons. The Labute approximate surface area is 112 Å². The lowest BCUT2D eigenvalue weighted by Crippen LogP contribution is -2.46. The molecular weight excluding hydrogens is 261 g/mol. The Morgan fingerprint density at radius 2 is 2.12 bits per heavy atom. The van der Waals surface area contributed by atoms with Crippen molar-refractivity contribution in [1.29, 1.82) is 0 Å². The molecule has 3 unspecified atom stereocenters. The fourth-order valence-corrected chi connectivity index (χ4v) is 3.27. The van der Waals surface area contributed by atoms with Crippen LogP contribution >= 0.6 is 23.2 Å². The van der Waals surface area contributed by atoms with E-state index < -0.39 is 9.75 Å². The fraction of sp³-hybridized carbons (Fsp3) is 0.917. The summed E-state index contributed by atoms with van der Waals surface area (Å²) in [5, 5.41) is 9.61. The Morgan fingerprint density at radius 1 is 1.53 bits per heavy atom. The first-order valence-corrected chi connectivity index (χ1v) is 6.89. The van der Waals surface area contributed by atoms with E-state index in [1.54, 1.807) is 6.92 Å². The minimum atomic E-state index is -0.901. The lowest BCUT2D eigenvalue weighted by atomic mass is 9.92. The van der Waals surface area contributed by atoms with Crippen LogP contribution in [0.4, 0.5) is 0 Å². The van der Waals surface area contributed by atoms with Crippen molar-refractivity contribution in [2.45, 2.75) is 43.5 Å². The van der Waals surface area contributed by atoms with E-state index in [4.69, 9.17) is 23.2 Å². The molecule has 0 aromatic heterocycles. The Kier molecular flexibility index (Phi) is 3.39. The number of hydrogen-bond donors (Lipinski definition) is 1. The van der Waals surface area contributed by atoms with Crippen LogP contribution in [0.2, 0.25) is 0 Å². The highest BCUT2D eigenvalue weighted by Crippen LogP contribution is 2.64. The van der Waals surface area contributed by atoms with E-state index in [0.717, 1.165) is 19.4 Å². The van der Waals surface area contributed by atoms with E-state index in [-0.39, 0.29) is 17.9 Å². The number of aliphatic hydroxyl groups is 1. The van der Waals surface area contributed by atoms with Gasteiger partial charge >= 0.3 is 0 Å². The molecule has 17 heavy (non-hydrogen) atoms. The number of carbonyl (C=O) groups excluding carboxylic acids is 1. The SMILES string of the molecule is CC(O)C1CCCN(C(=O)C2(C)CC2(Cl)Cl)C1. The van der Waals surface area contributed by atoms with Crippen LogP contribution in [0.1, 0.15) is 33.1 Å². The number of halogens is 2. The normalized spacial score (nSPS) is 37.7. The summed E-state index contributed by atoms with van der Waals surface area (Å²) in [6.45, 7) is 4.98. The van der Waals surface area contributed by atoms with Crippen molar-refractivity contribution in [3.05, 3.63) is 0 Å². The monoisotopic (exact) mass is 279 g/mol. The average Bonchev–Trinajstić information content (AvgIpc) is 2.78. The molecule has 5 heteroatoms. The van der Waals surface area contributed by atoms with Gasteiger partial charge in [-0.15, -0.1) is 23.2 Å². The maximum absolute atomic E-state index is 12.3. The smallest absolute Gasteiger partial charge is 0.231 e. The first-order chi connectivity index (χ1) is 7.78. The summed E-state index contributed by atoms with van der Waals surface area (Å²) in [6.07, 6.45) is 2.08. The minimum absolute atomic E-state index is 0.0350. The van der Waals surface area contributed by atoms with Crippen LogP contribution in [0.15, 0.2) is 0 Å². The summed E-state index contributed by atoms with van der Waals surface area (Å²) in [4.78, 5) is 14.2. The molecule has 0 aromatic carbocycles. The maximum Gasteiger partial charge on any atom is 0.231 e. The molecule has 1 aliphatic heterocycles. The summed E-state index contributed by atoms with van der Waals surface area (Å²) >= 11 is 12.1. The lowest BCUT2D eigenvalue weighted by molar-refractivity contribution is -0.139. The van der Waals surface area contributed by atoms with Gasteiger partial charge < -0.3 is 10.0 Å². The largest absolute Gasteiger partial charge is 0.393 e. The Balaban J connectivity index is 2.01. The van der Waals surface area contributed by atoms with Crippen LogP contribution in [-0.2, 0) is 4.79 Å². The standard InChI is InChI=1S/C12H19Cl2NO2/c1-8(16)9-4-3-5-15(6-9)10(17)11(2)7-12(11,13)14/h8-9,16H,3-7H2,1-2H3. The molecule has 1 saturated carbocycles. The van der Waals surface area contributed by atoms with Gasteiger partial charge in [0.2, 0.25) is 5.91 Å². The van der Waals surface area contributed by atoms with Crippen LogP contribution < -0.4 is 0 Å². The van der Waals surface area contributed by atoms with Gasteiger partial charge in [0.1, 0.15) is 4.33 Å². The van der Waals surface area contributed by atoms with Crippen molar-refractivity contribution in [3.8, 4) is 0 Å². The second-order valence-electron chi connectivity index (χ2n) is 5.61. The van der Waals surface area contributed by atoms with Crippen molar-refractivity contribution in [1.82, 2.24) is 4.90 Å². The molecule has 3 nitrogen and oxygen atoms in total. The van der Waals surface area contributed by atoms with Crippen molar-refractivity contribution >= 4 is 29.1 Å². The van der Waals surface area contributed by atoms with Gasteiger partial charge in [0.15, 0.2) is 0 Å². The third kappa shape index (κ3) is 2.29. The molecule has 3 atom stereocenters. The third-order valence-electron chi connectivity index (χ3n) is 4.16. The molecule has 2 fully saturated rings. The predicted molar refractivity (Wildman–Crippen MR) is 68.1 cm³/mol. The van der Waals surface area contributed by atoms with E-state index >= 15 is 0 Å². The zero-order chi connectivity index (χ0) is 12.8. The highest BCUT2D eigenvalue weighted by molar-refractivity contribution is 6.53. The molecule has 1 saturated heterocycles. The topological polar surface area (TPSA) is 40.5 Å². The Morgan fingerprint density at radius 3 is 2.59 bits per heavy atom. The molecule has 0 aromatic rings. The number of carbonyl (C=O) groups is 1. The van der Waals surface area contributed by atoms with Crippen molar-refractivity contribution in [2.24, 2.45) is 11.3 Å². The van der Waals surface area contributed by atoms with Gasteiger partial charge in [0.05, 0.1) is 11.5 Å². The van der Waals surface area contributed by atoms with Crippen LogP contribution in [0.5, 0.6) is 0 Å². The second kappa shape index (κ2) is 4.29. The number of likely N-dealkylation sites (tertiary alicyclic amines) is 1. The van der Waals surface area contributed by atoms with Gasteiger partial charge in [-0.25, -0.2) is 0 Å². The lowest BCUT2D eigenvalue weighted by Gasteiger charge is -2.36. The van der Waals surface area contributed by atoms with Crippen LogP contribution in [-0.4, -0.2) is 39.4 Å². The highest BCUT2D eigenvalue weighted by Gasteiger charge is 2.68. The number of amides is 1. The third-order valence-corrected chi connectivity index (χ3v) is 5.26. The predicted octanol–water partition coefficient (Wildman–Crippen LogP) is 2.19. The summed E-state index contributed by atoms with van der Waals surface area (Å²) in [6, 6.07) is 0. The highest BCUT2D eigenvalue weighted by atomic mass is 35.5. The van der Waals surface area contributed by atoms with Gasteiger partial charge in [-0.2, -0.15) is 0 Å². The fourth-order valence-electron chi connectivity index (χ4n) is 2.57. The number of aliphatic hydroxyl groups excluding tert-OH is 1. The van der Waals surface area contributed by atoms with Gasteiger partial charge in [-0.05, 0) is 33.1 Å². The van der Waals surface area contributed by atoms with Gasteiger partial charge in [-0.1, -0.05) is 0 Å². The first-order valence-electron chi connectivity index (χ1n) is 6.13. The van der Waals surface area contributed by atoms with E-state index in [9.17, 15) is 9.90 Å². The minimum Gasteiger partial charge on any atom is -0.393 e. The van der Waals surface area contributed by atoms with Gasteiger partial charge in [0.25, 0.3) is 0 Å². The summed E-state index contributed by atoms with van der Waals surface area (Å²) in [5.41, 5.74) is -0.628. The van der Waals surface area contributed by atoms with Crippen LogP contribution in [0, 0.1) is 11.3 Å². The molecule has 2 rings (SSSR count). The molecule has 1 heterocycles. The summed E-state index contributed by atoms with van der Waals surface area (Å²) in [7, 11) is 0. The number of piperidine rings is 1. The van der Waals surface area contributed by atoms with Crippen LogP contribution in [0.25, 0.3) is 0 Å². The average molecular weight is 280 g/mol. The van der Waals surface area contributed by atoms with Crippen molar-refractivity contribution in [2.75, 3.05) is 13.1 Å². The number of nitrogens with zero attached hydrogens (tertiary/aromatic N) is 1. The molecule has 1 N–H and O–H groups in total. The zero-order valence-electron chi connectivity index (χ0n) is 10.2. The second-order valence-corrected chi connectivity index (χ2v) is 7.09. The quantitative estimate of drug-likeness (QED) is 0.788. The Hall–Kier alpha value is 0.01000. The first kappa shape index (κ1) is 13.4. The number of hydrogen-bond acceptors (Lipinski definition) is 2. The molecule has 2 aliphatic rings. The zero-order valence-corrected chi connectivity index (χ0v) is 11.8. The van der Waals surface area contributed by atoms with E-state index in [1.807, 2.05) is 11.8 Å². The van der Waals surface area contributed by atoms with E-state index in [1.165, 1.54) is 0 Å². The molecule has 0 spiro atoms. The van der Waals surface area contributed by atoms with E-state index in [0.29, 0.717) is 13.0 Å². The molecule has 0 bridgehead atoms. The summed E-state index contributed by atoms with van der Waals surface area (Å²) in [5.74, 6) is 0.211. The maximum atomic E-state index is 12.3. The van der Waals surface area contributed by atoms with E-state index in [2.05, 4.69) is 0 Å². The number of alkyl halides is 2. The van der Waals surface area contributed by atoms with Crippen molar-refractivity contribution in [3.63, 3.8) is 0 Å². The molecule has 1 amide bonds. The molecule has 0 radical (unpaired) electrons. The summed E-state index contributed by atoms with van der Waals surface area (Å²) < 4.78 is -0.901. The van der Waals surface area contributed by atoms with Gasteiger partial charge in [0, 0.05) is 19.0 Å². The Bertz CT molecular complexity index is 332. The molecular formula is C12H19Cl2NO2. The van der Waals surface area contributed by atoms with Gasteiger partial charge in [-0.3, -0.25) is 4.79 Å². The van der Waals surface area contributed by atoms with Crippen molar-refractivity contribution < 1.29 is 9.90 Å². The van der Waals surface area contributed by atoms with Crippen LogP contribution in [0.3, 0.4) is 0 Å².